The summed E-state index contributed by atoms with van der Waals surface area (Å²) >= 11 is 1.29. The van der Waals surface area contributed by atoms with Crippen molar-refractivity contribution in [3.8, 4) is 0 Å². The van der Waals surface area contributed by atoms with Gasteiger partial charge in [-0.3, -0.25) is 19.6 Å². The molecule has 0 saturated carbocycles. The number of benzene rings is 2. The molecule has 3 aromatic rings. The Bertz CT molecular complexity index is 1420. The largest absolute Gasteiger partial charge is 0.453 e. The van der Waals surface area contributed by atoms with Crippen molar-refractivity contribution >= 4 is 50.0 Å². The van der Waals surface area contributed by atoms with Gasteiger partial charge in [0.15, 0.2) is 0 Å². The van der Waals surface area contributed by atoms with Crippen molar-refractivity contribution in [2.75, 3.05) is 17.1 Å². The number of rotatable bonds is 6. The Morgan fingerprint density at radius 3 is 2.28 bits per heavy atom. The number of alkyl carbamates (subject to hydrolysis) is 1. The van der Waals surface area contributed by atoms with Crippen molar-refractivity contribution in [2.45, 2.75) is 30.6 Å². The molecule has 0 saturated heterocycles. The first kappa shape index (κ1) is 25.3. The number of carbonyl (C=O) groups is 3. The topological polar surface area (TPSA) is 131 Å². The third kappa shape index (κ3) is 5.55. The van der Waals surface area contributed by atoms with Crippen LogP contribution in [0.5, 0.6) is 0 Å². The SMILES string of the molecule is COC(=O)NC(=O)c1c(NC(=O)c2ccc(NS(=O)(=O)c3ccc(F)cc3)cc2)sc2c1CCCC2. The molecule has 0 atom stereocenters. The zero-order valence-electron chi connectivity index (χ0n) is 19.1. The van der Waals surface area contributed by atoms with Crippen molar-refractivity contribution in [3.63, 3.8) is 0 Å². The number of ether oxygens (including phenoxy) is 1. The molecule has 9 nitrogen and oxygen atoms in total. The fraction of sp³-hybridized carbons (Fsp3) is 0.208. The number of anilines is 2. The molecule has 3 amide bonds. The molecule has 36 heavy (non-hydrogen) atoms. The summed E-state index contributed by atoms with van der Waals surface area (Å²) < 4.78 is 45.0. The quantitative estimate of drug-likeness (QED) is 0.434. The van der Waals surface area contributed by atoms with Crippen LogP contribution in [-0.4, -0.2) is 33.4 Å². The van der Waals surface area contributed by atoms with E-state index in [4.69, 9.17) is 0 Å². The smallest absolute Gasteiger partial charge is 0.413 e. The van der Waals surface area contributed by atoms with Crippen LogP contribution in [0.25, 0.3) is 0 Å². The van der Waals surface area contributed by atoms with Crippen LogP contribution < -0.4 is 15.4 Å². The molecule has 1 aromatic heterocycles. The number of fused-ring (bicyclic) bond motifs is 1. The summed E-state index contributed by atoms with van der Waals surface area (Å²) in [7, 11) is -2.79. The predicted molar refractivity (Wildman–Crippen MR) is 132 cm³/mol. The van der Waals surface area contributed by atoms with Crippen molar-refractivity contribution in [1.29, 1.82) is 0 Å². The first-order valence-corrected chi connectivity index (χ1v) is 13.2. The van der Waals surface area contributed by atoms with E-state index in [2.05, 4.69) is 20.1 Å². The number of amides is 3. The number of carbonyl (C=O) groups excluding carboxylic acids is 3. The average molecular weight is 532 g/mol. The van der Waals surface area contributed by atoms with Gasteiger partial charge in [-0.05, 0) is 79.8 Å². The van der Waals surface area contributed by atoms with Gasteiger partial charge in [0, 0.05) is 16.1 Å². The molecule has 2 aromatic carbocycles. The number of hydrogen-bond acceptors (Lipinski definition) is 7. The standard InChI is InChI=1S/C24H22FN3O6S2/c1-34-24(31)27-22(30)20-18-4-2-3-5-19(18)35-23(20)26-21(29)14-6-10-16(11-7-14)28-36(32,33)17-12-8-15(25)9-13-17/h6-13,28H,2-5H2,1H3,(H,26,29)(H,27,30,31). The van der Waals surface area contributed by atoms with E-state index in [1.54, 1.807) is 0 Å². The zero-order valence-corrected chi connectivity index (χ0v) is 20.7. The van der Waals surface area contributed by atoms with E-state index >= 15 is 0 Å². The lowest BCUT2D eigenvalue weighted by molar-refractivity contribution is 0.0937. The van der Waals surface area contributed by atoms with Gasteiger partial charge in [-0.25, -0.2) is 17.6 Å². The van der Waals surface area contributed by atoms with Gasteiger partial charge in [-0.15, -0.1) is 11.3 Å². The fourth-order valence-electron chi connectivity index (χ4n) is 3.79. The second-order valence-corrected chi connectivity index (χ2v) is 10.7. The summed E-state index contributed by atoms with van der Waals surface area (Å²) in [4.78, 5) is 38.1. The third-order valence-corrected chi connectivity index (χ3v) is 8.15. The maximum Gasteiger partial charge on any atom is 0.413 e. The van der Waals surface area contributed by atoms with E-state index in [-0.39, 0.29) is 21.7 Å². The Balaban J connectivity index is 1.52. The van der Waals surface area contributed by atoms with Crippen LogP contribution in [0.4, 0.5) is 19.9 Å². The van der Waals surface area contributed by atoms with Gasteiger partial charge in [0.2, 0.25) is 0 Å². The van der Waals surface area contributed by atoms with Crippen molar-refractivity contribution < 1.29 is 31.9 Å². The molecular weight excluding hydrogens is 509 g/mol. The number of nitrogens with one attached hydrogen (secondary N) is 3. The molecule has 3 N–H and O–H groups in total. The number of methoxy groups -OCH3 is 1. The summed E-state index contributed by atoms with van der Waals surface area (Å²) in [6, 6.07) is 10.1. The van der Waals surface area contributed by atoms with E-state index in [9.17, 15) is 27.2 Å². The van der Waals surface area contributed by atoms with Gasteiger partial charge in [0.25, 0.3) is 21.8 Å². The van der Waals surface area contributed by atoms with Crippen LogP contribution in [0.2, 0.25) is 0 Å². The van der Waals surface area contributed by atoms with Crippen LogP contribution in [0.1, 0.15) is 44.0 Å². The predicted octanol–water partition coefficient (Wildman–Crippen LogP) is 4.32. The molecule has 0 aliphatic heterocycles. The van der Waals surface area contributed by atoms with Crippen LogP contribution in [0, 0.1) is 5.82 Å². The molecule has 0 unspecified atom stereocenters. The summed E-state index contributed by atoms with van der Waals surface area (Å²) in [5.41, 5.74) is 1.50. The van der Waals surface area contributed by atoms with E-state index in [1.165, 1.54) is 35.6 Å². The molecule has 0 radical (unpaired) electrons. The first-order chi connectivity index (χ1) is 17.2. The highest BCUT2D eigenvalue weighted by molar-refractivity contribution is 7.92. The second kappa shape index (κ2) is 10.5. The Labute approximate surface area is 210 Å². The molecule has 0 fully saturated rings. The molecule has 188 valence electrons. The monoisotopic (exact) mass is 531 g/mol. The Morgan fingerprint density at radius 2 is 1.61 bits per heavy atom. The van der Waals surface area contributed by atoms with Gasteiger partial charge in [-0.1, -0.05) is 0 Å². The summed E-state index contributed by atoms with van der Waals surface area (Å²) in [6.07, 6.45) is 2.40. The highest BCUT2D eigenvalue weighted by Crippen LogP contribution is 2.38. The van der Waals surface area contributed by atoms with Crippen LogP contribution in [0.15, 0.2) is 53.4 Å². The minimum Gasteiger partial charge on any atom is -0.453 e. The molecule has 4 rings (SSSR count). The van der Waals surface area contributed by atoms with E-state index in [0.29, 0.717) is 11.4 Å². The van der Waals surface area contributed by atoms with Gasteiger partial charge in [-0.2, -0.15) is 0 Å². The summed E-state index contributed by atoms with van der Waals surface area (Å²) in [5, 5.41) is 5.23. The van der Waals surface area contributed by atoms with E-state index in [0.717, 1.165) is 61.1 Å². The maximum absolute atomic E-state index is 13.1. The van der Waals surface area contributed by atoms with Gasteiger partial charge in [0.05, 0.1) is 17.6 Å². The minimum absolute atomic E-state index is 0.106. The number of halogens is 1. The first-order valence-electron chi connectivity index (χ1n) is 10.9. The maximum atomic E-state index is 13.1. The Kier molecular flexibility index (Phi) is 7.36. The number of imide groups is 1. The van der Waals surface area contributed by atoms with Crippen molar-refractivity contribution in [2.24, 2.45) is 0 Å². The molecule has 1 aliphatic rings. The van der Waals surface area contributed by atoms with Gasteiger partial charge >= 0.3 is 6.09 Å². The normalized spacial score (nSPS) is 12.8. The second-order valence-electron chi connectivity index (χ2n) is 7.95. The molecule has 1 heterocycles. The van der Waals surface area contributed by atoms with Gasteiger partial charge in [0.1, 0.15) is 10.8 Å². The lowest BCUT2D eigenvalue weighted by Crippen LogP contribution is -2.31. The molecule has 12 heteroatoms. The van der Waals surface area contributed by atoms with Crippen molar-refractivity contribution in [1.82, 2.24) is 5.32 Å². The summed E-state index contributed by atoms with van der Waals surface area (Å²) in [6.45, 7) is 0. The molecule has 1 aliphatic carbocycles. The number of aryl methyl sites for hydroxylation is 1. The Hall–Kier alpha value is -3.77. The number of sulfonamides is 1. The molecule has 0 bridgehead atoms. The van der Waals surface area contributed by atoms with E-state index < -0.39 is 33.7 Å². The summed E-state index contributed by atoms with van der Waals surface area (Å²) in [5.74, 6) is -1.71. The van der Waals surface area contributed by atoms with Crippen molar-refractivity contribution in [3.05, 3.63) is 75.9 Å². The highest BCUT2D eigenvalue weighted by Gasteiger charge is 2.27. The fourth-order valence-corrected chi connectivity index (χ4v) is 6.13. The average Bonchev–Trinajstić information content (AvgIpc) is 3.22. The highest BCUT2D eigenvalue weighted by atomic mass is 32.2. The number of hydrogen-bond donors (Lipinski definition) is 3. The molecule has 0 spiro atoms. The lowest BCUT2D eigenvalue weighted by Gasteiger charge is -2.12. The van der Waals surface area contributed by atoms with E-state index in [1.807, 2.05) is 0 Å². The number of thiophene rings is 1. The molecular formula is C24H22FN3O6S2. The van der Waals surface area contributed by atoms with Crippen LogP contribution >= 0.6 is 11.3 Å². The minimum atomic E-state index is -3.94. The van der Waals surface area contributed by atoms with Gasteiger partial charge < -0.3 is 10.1 Å². The van der Waals surface area contributed by atoms with Crippen LogP contribution in [0.3, 0.4) is 0 Å². The Morgan fingerprint density at radius 1 is 0.944 bits per heavy atom. The zero-order chi connectivity index (χ0) is 25.9. The van der Waals surface area contributed by atoms with Crippen LogP contribution in [-0.2, 0) is 27.6 Å². The lowest BCUT2D eigenvalue weighted by atomic mass is 9.95. The third-order valence-electron chi connectivity index (χ3n) is 5.55.